The van der Waals surface area contributed by atoms with Crippen LogP contribution < -0.4 is 5.32 Å². The average Bonchev–Trinajstić information content (AvgIpc) is 2.12. The van der Waals surface area contributed by atoms with Crippen molar-refractivity contribution in [2.45, 2.75) is 20.3 Å². The highest BCUT2D eigenvalue weighted by Gasteiger charge is 1.94. The standard InChI is InChI=1S/C11H17NO/c1-9-4-5-11(8-10(9)2)12-6-3-7-13/h4-5,8,12-13H,3,6-7H2,1-2H3. The fourth-order valence-electron chi connectivity index (χ4n) is 1.16. The molecule has 0 aliphatic heterocycles. The van der Waals surface area contributed by atoms with Crippen molar-refractivity contribution in [1.82, 2.24) is 0 Å². The highest BCUT2D eigenvalue weighted by atomic mass is 16.3. The largest absolute Gasteiger partial charge is 0.396 e. The zero-order valence-corrected chi connectivity index (χ0v) is 8.30. The summed E-state index contributed by atoms with van der Waals surface area (Å²) >= 11 is 0. The molecule has 0 spiro atoms. The molecule has 72 valence electrons. The van der Waals surface area contributed by atoms with Gasteiger partial charge in [-0.25, -0.2) is 0 Å². The van der Waals surface area contributed by atoms with E-state index in [-0.39, 0.29) is 6.61 Å². The Morgan fingerprint density at radius 2 is 2.00 bits per heavy atom. The molecule has 0 amide bonds. The second-order valence-electron chi connectivity index (χ2n) is 3.30. The predicted molar refractivity (Wildman–Crippen MR) is 56.1 cm³/mol. The molecule has 0 unspecified atom stereocenters. The molecule has 0 saturated carbocycles. The zero-order valence-electron chi connectivity index (χ0n) is 8.30. The van der Waals surface area contributed by atoms with E-state index in [2.05, 4.69) is 37.4 Å². The minimum atomic E-state index is 0.248. The van der Waals surface area contributed by atoms with Crippen LogP contribution in [0.3, 0.4) is 0 Å². The molecule has 13 heavy (non-hydrogen) atoms. The Morgan fingerprint density at radius 1 is 1.23 bits per heavy atom. The molecule has 1 rings (SSSR count). The fourth-order valence-corrected chi connectivity index (χ4v) is 1.16. The van der Waals surface area contributed by atoms with Gasteiger partial charge in [-0.1, -0.05) is 6.07 Å². The maximum Gasteiger partial charge on any atom is 0.0447 e. The van der Waals surface area contributed by atoms with Gasteiger partial charge in [0.15, 0.2) is 0 Å². The van der Waals surface area contributed by atoms with Gasteiger partial charge in [-0.2, -0.15) is 0 Å². The maximum atomic E-state index is 8.60. The van der Waals surface area contributed by atoms with Crippen LogP contribution in [0.4, 0.5) is 5.69 Å². The van der Waals surface area contributed by atoms with Crippen LogP contribution in [0.25, 0.3) is 0 Å². The average molecular weight is 179 g/mol. The van der Waals surface area contributed by atoms with Gasteiger partial charge < -0.3 is 10.4 Å². The zero-order chi connectivity index (χ0) is 9.68. The molecule has 0 saturated heterocycles. The summed E-state index contributed by atoms with van der Waals surface area (Å²) in [7, 11) is 0. The van der Waals surface area contributed by atoms with E-state index in [0.29, 0.717) is 0 Å². The van der Waals surface area contributed by atoms with E-state index in [1.54, 1.807) is 0 Å². The molecule has 1 aromatic rings. The van der Waals surface area contributed by atoms with E-state index in [1.807, 2.05) is 0 Å². The Hall–Kier alpha value is -1.02. The van der Waals surface area contributed by atoms with Crippen LogP contribution in [0.15, 0.2) is 18.2 Å². The molecular formula is C11H17NO. The summed E-state index contributed by atoms with van der Waals surface area (Å²) in [6.45, 7) is 5.29. The van der Waals surface area contributed by atoms with Gasteiger partial charge in [0.1, 0.15) is 0 Å². The van der Waals surface area contributed by atoms with Crippen molar-refractivity contribution in [3.05, 3.63) is 29.3 Å². The van der Waals surface area contributed by atoms with E-state index in [4.69, 9.17) is 5.11 Å². The lowest BCUT2D eigenvalue weighted by Gasteiger charge is -2.07. The van der Waals surface area contributed by atoms with Crippen LogP contribution >= 0.6 is 0 Å². The highest BCUT2D eigenvalue weighted by molar-refractivity contribution is 5.47. The van der Waals surface area contributed by atoms with Crippen LogP contribution in [-0.4, -0.2) is 18.3 Å². The number of anilines is 1. The Bertz CT molecular complexity index is 271. The number of hydrogen-bond acceptors (Lipinski definition) is 2. The summed E-state index contributed by atoms with van der Waals surface area (Å²) < 4.78 is 0. The third-order valence-corrected chi connectivity index (χ3v) is 2.17. The van der Waals surface area contributed by atoms with Crippen molar-refractivity contribution in [3.8, 4) is 0 Å². The van der Waals surface area contributed by atoms with Crippen LogP contribution in [0.1, 0.15) is 17.5 Å². The molecule has 0 radical (unpaired) electrons. The maximum absolute atomic E-state index is 8.60. The van der Waals surface area contributed by atoms with Gasteiger partial charge in [-0.05, 0) is 43.5 Å². The van der Waals surface area contributed by atoms with Crippen LogP contribution in [0.2, 0.25) is 0 Å². The summed E-state index contributed by atoms with van der Waals surface area (Å²) in [5, 5.41) is 11.9. The molecule has 0 fully saturated rings. The van der Waals surface area contributed by atoms with E-state index in [9.17, 15) is 0 Å². The van der Waals surface area contributed by atoms with Crippen LogP contribution in [0, 0.1) is 13.8 Å². The Labute approximate surface area is 79.6 Å². The summed E-state index contributed by atoms with van der Waals surface area (Å²) in [6.07, 6.45) is 0.799. The fraction of sp³-hybridized carbons (Fsp3) is 0.455. The first kappa shape index (κ1) is 10.1. The Morgan fingerprint density at radius 3 is 2.62 bits per heavy atom. The number of rotatable bonds is 4. The first-order valence-corrected chi connectivity index (χ1v) is 4.66. The van der Waals surface area contributed by atoms with Gasteiger partial charge in [0.2, 0.25) is 0 Å². The number of aliphatic hydroxyl groups excluding tert-OH is 1. The van der Waals surface area contributed by atoms with Crippen molar-refractivity contribution in [1.29, 1.82) is 0 Å². The number of aryl methyl sites for hydroxylation is 2. The minimum Gasteiger partial charge on any atom is -0.396 e. The molecule has 0 atom stereocenters. The van der Waals surface area contributed by atoms with Crippen molar-refractivity contribution < 1.29 is 5.11 Å². The van der Waals surface area contributed by atoms with Crippen molar-refractivity contribution in [2.24, 2.45) is 0 Å². The van der Waals surface area contributed by atoms with Gasteiger partial charge in [-0.15, -0.1) is 0 Å². The third-order valence-electron chi connectivity index (χ3n) is 2.17. The Kier molecular flexibility index (Phi) is 3.77. The lowest BCUT2D eigenvalue weighted by Crippen LogP contribution is -2.03. The van der Waals surface area contributed by atoms with Crippen molar-refractivity contribution >= 4 is 5.69 Å². The molecule has 0 aromatic heterocycles. The number of benzene rings is 1. The molecule has 2 nitrogen and oxygen atoms in total. The van der Waals surface area contributed by atoms with E-state index < -0.39 is 0 Å². The Balaban J connectivity index is 2.53. The smallest absolute Gasteiger partial charge is 0.0447 e. The first-order chi connectivity index (χ1) is 6.24. The van der Waals surface area contributed by atoms with E-state index >= 15 is 0 Å². The van der Waals surface area contributed by atoms with Crippen LogP contribution in [-0.2, 0) is 0 Å². The van der Waals surface area contributed by atoms with Crippen molar-refractivity contribution in [3.63, 3.8) is 0 Å². The number of nitrogens with one attached hydrogen (secondary N) is 1. The predicted octanol–water partition coefficient (Wildman–Crippen LogP) is 2.10. The number of aliphatic hydroxyl groups is 1. The van der Waals surface area contributed by atoms with Gasteiger partial charge >= 0.3 is 0 Å². The minimum absolute atomic E-state index is 0.248. The highest BCUT2D eigenvalue weighted by Crippen LogP contribution is 2.13. The molecule has 2 heteroatoms. The molecular weight excluding hydrogens is 162 g/mol. The molecule has 0 bridgehead atoms. The second-order valence-corrected chi connectivity index (χ2v) is 3.30. The number of hydrogen-bond donors (Lipinski definition) is 2. The summed E-state index contributed by atoms with van der Waals surface area (Å²) in [5.74, 6) is 0. The summed E-state index contributed by atoms with van der Waals surface area (Å²) in [5.41, 5.74) is 3.75. The summed E-state index contributed by atoms with van der Waals surface area (Å²) in [4.78, 5) is 0. The van der Waals surface area contributed by atoms with Crippen molar-refractivity contribution in [2.75, 3.05) is 18.5 Å². The monoisotopic (exact) mass is 179 g/mol. The quantitative estimate of drug-likeness (QED) is 0.694. The molecule has 1 aromatic carbocycles. The van der Waals surface area contributed by atoms with Gasteiger partial charge in [-0.3, -0.25) is 0 Å². The van der Waals surface area contributed by atoms with Gasteiger partial charge in [0, 0.05) is 18.8 Å². The normalized spacial score (nSPS) is 10.1. The third kappa shape index (κ3) is 3.07. The topological polar surface area (TPSA) is 32.3 Å². The van der Waals surface area contributed by atoms with E-state index in [0.717, 1.165) is 18.7 Å². The molecule has 0 aliphatic carbocycles. The summed E-state index contributed by atoms with van der Waals surface area (Å²) in [6, 6.07) is 6.31. The molecule has 0 heterocycles. The van der Waals surface area contributed by atoms with Gasteiger partial charge in [0.05, 0.1) is 0 Å². The van der Waals surface area contributed by atoms with E-state index in [1.165, 1.54) is 11.1 Å². The SMILES string of the molecule is Cc1ccc(NCCCO)cc1C. The molecule has 2 N–H and O–H groups in total. The lowest BCUT2D eigenvalue weighted by molar-refractivity contribution is 0.292. The lowest BCUT2D eigenvalue weighted by atomic mass is 10.1. The van der Waals surface area contributed by atoms with Gasteiger partial charge in [0.25, 0.3) is 0 Å². The second kappa shape index (κ2) is 4.87. The first-order valence-electron chi connectivity index (χ1n) is 4.66. The van der Waals surface area contributed by atoms with Crippen LogP contribution in [0.5, 0.6) is 0 Å². The molecule has 0 aliphatic rings.